The van der Waals surface area contributed by atoms with E-state index in [1.807, 2.05) is 0 Å². The monoisotopic (exact) mass is 821 g/mol. The van der Waals surface area contributed by atoms with Crippen LogP contribution in [-0.4, -0.2) is 165 Å². The molecule has 0 fully saturated rings. The van der Waals surface area contributed by atoms with Crippen LogP contribution >= 0.6 is 0 Å². The van der Waals surface area contributed by atoms with Crippen molar-refractivity contribution < 1.29 is 71.9 Å². The van der Waals surface area contributed by atoms with E-state index in [0.29, 0.717) is 84.5 Å². The highest BCUT2D eigenvalue weighted by atomic mass is 16.5. The van der Waals surface area contributed by atoms with Crippen LogP contribution < -0.4 is 26.7 Å². The number of Topliss-reactive ketones (excluding diaryl/α,β-unsaturated/α-hetero) is 3. The predicted octanol–water partition coefficient (Wildman–Crippen LogP) is -0.478. The molecule has 0 aliphatic carbocycles. The molecule has 0 heterocycles. The lowest BCUT2D eigenvalue weighted by Gasteiger charge is -2.09. The van der Waals surface area contributed by atoms with E-state index in [1.165, 1.54) is 0 Å². The number of hydroxylamine groups is 1. The number of amides is 4. The molecule has 57 heavy (non-hydrogen) atoms. The maximum Gasteiger partial charge on any atom is 0.236 e. The van der Waals surface area contributed by atoms with Crippen LogP contribution in [0.15, 0.2) is 0 Å². The van der Waals surface area contributed by atoms with Gasteiger partial charge in [0.15, 0.2) is 0 Å². The van der Waals surface area contributed by atoms with Gasteiger partial charge in [-0.1, -0.05) is 0 Å². The Morgan fingerprint density at radius 1 is 0.386 bits per heavy atom. The maximum absolute atomic E-state index is 12.0. The third-order valence-corrected chi connectivity index (χ3v) is 7.61. The normalized spacial score (nSPS) is 10.9. The van der Waals surface area contributed by atoms with E-state index in [1.54, 1.807) is 12.6 Å². The molecule has 6 N–H and O–H groups in total. The second-order valence-electron chi connectivity index (χ2n) is 12.5. The Bertz CT molecular complexity index is 1100. The number of methoxy groups -OCH3 is 1. The van der Waals surface area contributed by atoms with Crippen molar-refractivity contribution in [1.82, 2.24) is 26.7 Å². The summed E-state index contributed by atoms with van der Waals surface area (Å²) in [4.78, 5) is 82.3. The van der Waals surface area contributed by atoms with Crippen molar-refractivity contribution >= 4 is 41.0 Å². The van der Waals surface area contributed by atoms with Crippen molar-refractivity contribution in [2.45, 2.75) is 77.0 Å². The van der Waals surface area contributed by atoms with Gasteiger partial charge in [0.25, 0.3) is 0 Å². The van der Waals surface area contributed by atoms with E-state index >= 15 is 0 Å². The number of carbonyl (C=O) groups is 7. The van der Waals surface area contributed by atoms with Gasteiger partial charge in [0.2, 0.25) is 23.6 Å². The second-order valence-corrected chi connectivity index (χ2v) is 12.5. The van der Waals surface area contributed by atoms with Crippen LogP contribution in [0.3, 0.4) is 0 Å². The Balaban J connectivity index is 3.48. The number of nitrogens with one attached hydrogen (secondary N) is 5. The van der Waals surface area contributed by atoms with Crippen LogP contribution in [-0.2, 0) is 66.7 Å². The van der Waals surface area contributed by atoms with Crippen LogP contribution in [0.4, 0.5) is 0 Å². The number of hydrogen-bond acceptors (Lipinski definition) is 16. The molecule has 0 aliphatic rings. The third-order valence-electron chi connectivity index (χ3n) is 7.61. The highest BCUT2D eigenvalue weighted by molar-refractivity contribution is 5.79. The molecule has 4 amide bonds. The highest BCUT2D eigenvalue weighted by Crippen LogP contribution is 2.00. The molecule has 0 atom stereocenters. The third kappa shape index (κ3) is 40.5. The largest absolute Gasteiger partial charge is 0.385 e. The first kappa shape index (κ1) is 53.5. The fraction of sp³-hybridized carbons (Fsp3) is 0.811. The Morgan fingerprint density at radius 2 is 0.737 bits per heavy atom. The van der Waals surface area contributed by atoms with Gasteiger partial charge in [0, 0.05) is 91.5 Å². The number of rotatable bonds is 43. The molecule has 0 aromatic heterocycles. The van der Waals surface area contributed by atoms with Gasteiger partial charge >= 0.3 is 0 Å². The van der Waals surface area contributed by atoms with Crippen molar-refractivity contribution in [2.24, 2.45) is 0 Å². The molecule has 0 radical (unpaired) electrons. The standard InChI is InChI=1S/C37H67N5O15/c1-51-17-2-5-31(43)8-20-54-26-14-38-34(46)11-23-52-18-3-6-32(44)9-21-55-27-15-39-35(47)13-25-57-30-41-36(48)12-24-53-19-4-7-33(45)10-22-56-28-16-40-37(49)29-42-50/h42,50H,2-30H2,1H3,(H,38,46)(H,39,47)(H,40,49)(H,41,48). The molecular weight excluding hydrogens is 754 g/mol. The minimum atomic E-state index is -0.364. The van der Waals surface area contributed by atoms with Gasteiger partial charge in [-0.25, -0.2) is 0 Å². The van der Waals surface area contributed by atoms with Crippen molar-refractivity contribution in [1.29, 1.82) is 0 Å². The molecule has 0 aromatic rings. The number of carbonyl (C=O) groups excluding carboxylic acids is 7. The van der Waals surface area contributed by atoms with Crippen molar-refractivity contribution in [3.63, 3.8) is 0 Å². The lowest BCUT2D eigenvalue weighted by atomic mass is 10.2. The van der Waals surface area contributed by atoms with Crippen molar-refractivity contribution in [3.8, 4) is 0 Å². The van der Waals surface area contributed by atoms with Gasteiger partial charge in [-0.15, -0.1) is 0 Å². The zero-order chi connectivity index (χ0) is 42.0. The lowest BCUT2D eigenvalue weighted by molar-refractivity contribution is -0.125. The summed E-state index contributed by atoms with van der Waals surface area (Å²) in [5, 5.41) is 18.9. The molecule has 0 saturated heterocycles. The summed E-state index contributed by atoms with van der Waals surface area (Å²) < 4.78 is 37.1. The lowest BCUT2D eigenvalue weighted by Crippen LogP contribution is -2.34. The number of ether oxygens (including phenoxy) is 7. The molecule has 20 heteroatoms. The van der Waals surface area contributed by atoms with Crippen LogP contribution in [0.1, 0.15) is 77.0 Å². The van der Waals surface area contributed by atoms with E-state index in [-0.39, 0.29) is 146 Å². The molecule has 0 rings (SSSR count). The maximum atomic E-state index is 12.0. The van der Waals surface area contributed by atoms with E-state index in [9.17, 15) is 33.6 Å². The zero-order valence-electron chi connectivity index (χ0n) is 33.7. The van der Waals surface area contributed by atoms with E-state index in [0.717, 1.165) is 0 Å². The van der Waals surface area contributed by atoms with Gasteiger partial charge < -0.3 is 59.6 Å². The zero-order valence-corrected chi connectivity index (χ0v) is 33.7. The Hall–Kier alpha value is -3.47. The molecule has 0 bridgehead atoms. The van der Waals surface area contributed by atoms with Crippen LogP contribution in [0.25, 0.3) is 0 Å². The van der Waals surface area contributed by atoms with Crippen molar-refractivity contribution in [2.75, 3.05) is 119 Å². The second kappa shape index (κ2) is 40.7. The van der Waals surface area contributed by atoms with Gasteiger partial charge in [0.05, 0.1) is 78.8 Å². The number of ketones is 3. The Labute approximate surface area is 335 Å². The summed E-state index contributed by atoms with van der Waals surface area (Å²) in [6.45, 7) is 4.14. The smallest absolute Gasteiger partial charge is 0.236 e. The first-order chi connectivity index (χ1) is 27.7. The predicted molar refractivity (Wildman–Crippen MR) is 204 cm³/mol. The average Bonchev–Trinajstić information content (AvgIpc) is 3.18. The number of hydrogen-bond donors (Lipinski definition) is 6. The van der Waals surface area contributed by atoms with Gasteiger partial charge in [-0.2, -0.15) is 5.48 Å². The summed E-state index contributed by atoms with van der Waals surface area (Å²) in [6.07, 6.45) is 4.19. The summed E-state index contributed by atoms with van der Waals surface area (Å²) in [5.74, 6) is -0.841. The summed E-state index contributed by atoms with van der Waals surface area (Å²) in [5.41, 5.74) is 1.75. The van der Waals surface area contributed by atoms with Crippen LogP contribution in [0.2, 0.25) is 0 Å². The minimum Gasteiger partial charge on any atom is -0.385 e. The molecule has 0 aromatic carbocycles. The first-order valence-corrected chi connectivity index (χ1v) is 19.6. The van der Waals surface area contributed by atoms with Crippen LogP contribution in [0.5, 0.6) is 0 Å². The summed E-state index contributed by atoms with van der Waals surface area (Å²) in [6, 6.07) is 0. The first-order valence-electron chi connectivity index (χ1n) is 19.6. The topological polar surface area (TPSA) is 264 Å². The molecule has 0 aliphatic heterocycles. The Kier molecular flexibility index (Phi) is 38.2. The molecule has 330 valence electrons. The van der Waals surface area contributed by atoms with E-state index in [2.05, 4.69) is 21.3 Å². The van der Waals surface area contributed by atoms with Gasteiger partial charge in [-0.05, 0) is 19.3 Å². The van der Waals surface area contributed by atoms with Crippen molar-refractivity contribution in [3.05, 3.63) is 0 Å². The summed E-state index contributed by atoms with van der Waals surface area (Å²) >= 11 is 0. The molecule has 20 nitrogen and oxygen atoms in total. The van der Waals surface area contributed by atoms with Gasteiger partial charge in [-0.3, -0.25) is 33.6 Å². The fourth-order valence-corrected chi connectivity index (χ4v) is 4.49. The molecule has 0 spiro atoms. The van der Waals surface area contributed by atoms with E-state index < -0.39 is 0 Å². The summed E-state index contributed by atoms with van der Waals surface area (Å²) in [7, 11) is 1.60. The molecule has 0 saturated carbocycles. The molecule has 0 unspecified atom stereocenters. The fourth-order valence-electron chi connectivity index (χ4n) is 4.49. The van der Waals surface area contributed by atoms with Gasteiger partial charge in [0.1, 0.15) is 24.1 Å². The highest BCUT2D eigenvalue weighted by Gasteiger charge is 2.08. The minimum absolute atomic E-state index is 0.0260. The van der Waals surface area contributed by atoms with Crippen LogP contribution in [0, 0.1) is 0 Å². The van der Waals surface area contributed by atoms with E-state index in [4.69, 9.17) is 38.4 Å². The Morgan fingerprint density at radius 3 is 1.16 bits per heavy atom. The average molecular weight is 822 g/mol. The quantitative estimate of drug-likeness (QED) is 0.0258. The SMILES string of the molecule is COCCCC(=O)CCOCCNC(=O)CCOCCCC(=O)CCOCCNC(=O)CCOCNC(=O)CCOCCCC(=O)CCOCCNC(=O)CNO. The molecular formula is C37H67N5O15.